The van der Waals surface area contributed by atoms with Crippen LogP contribution in [0.2, 0.25) is 0 Å². The van der Waals surface area contributed by atoms with Crippen molar-refractivity contribution in [1.82, 2.24) is 0 Å². The number of aromatic carboxylic acids is 1. The second-order valence-electron chi connectivity index (χ2n) is 6.49. The fraction of sp³-hybridized carbons (Fsp3) is 0.250. The Morgan fingerprint density at radius 1 is 1.17 bits per heavy atom. The van der Waals surface area contributed by atoms with Crippen LogP contribution in [0, 0.1) is 12.8 Å². The number of rotatable bonds is 2. The number of benzene rings is 2. The van der Waals surface area contributed by atoms with E-state index in [0.29, 0.717) is 11.5 Å². The molecule has 3 heteroatoms. The second kappa shape index (κ2) is 5.27. The van der Waals surface area contributed by atoms with E-state index >= 15 is 0 Å². The van der Waals surface area contributed by atoms with E-state index < -0.39 is 5.97 Å². The molecule has 0 fully saturated rings. The highest BCUT2D eigenvalue weighted by Gasteiger charge is 2.38. The molecule has 23 heavy (non-hydrogen) atoms. The zero-order chi connectivity index (χ0) is 16.0. The van der Waals surface area contributed by atoms with Crippen molar-refractivity contribution in [1.29, 1.82) is 0 Å². The zero-order valence-corrected chi connectivity index (χ0v) is 13.0. The molecule has 1 heterocycles. The van der Waals surface area contributed by atoms with Gasteiger partial charge in [-0.1, -0.05) is 42.0 Å². The lowest BCUT2D eigenvalue weighted by Gasteiger charge is -2.37. The average Bonchev–Trinajstić information content (AvgIpc) is 3.04. The molecule has 116 valence electrons. The Labute approximate surface area is 135 Å². The predicted molar refractivity (Wildman–Crippen MR) is 90.9 cm³/mol. The van der Waals surface area contributed by atoms with Crippen molar-refractivity contribution < 1.29 is 9.90 Å². The standard InChI is InChI=1S/C20H19NO2/c1-12-5-7-13(8-6-12)19-16-4-2-3-15(16)17-11-14(20(22)23)9-10-18(17)21-19/h2-3,5-11,15-16,19,21H,4H2,1H3,(H,22,23)/t15-,16-,19-/m0/s1. The minimum absolute atomic E-state index is 0.263. The highest BCUT2D eigenvalue weighted by Crippen LogP contribution is 2.49. The first-order valence-corrected chi connectivity index (χ1v) is 8.00. The number of aryl methyl sites for hydroxylation is 1. The second-order valence-corrected chi connectivity index (χ2v) is 6.49. The van der Waals surface area contributed by atoms with Gasteiger partial charge >= 0.3 is 5.97 Å². The molecule has 0 aromatic heterocycles. The van der Waals surface area contributed by atoms with Crippen LogP contribution >= 0.6 is 0 Å². The molecule has 2 aliphatic rings. The van der Waals surface area contributed by atoms with Gasteiger partial charge in [0.25, 0.3) is 0 Å². The monoisotopic (exact) mass is 305 g/mol. The van der Waals surface area contributed by atoms with E-state index in [1.54, 1.807) is 6.07 Å². The quantitative estimate of drug-likeness (QED) is 0.802. The van der Waals surface area contributed by atoms with Crippen molar-refractivity contribution in [3.63, 3.8) is 0 Å². The SMILES string of the molecule is Cc1ccc([C@@H]2Nc3ccc(C(=O)O)cc3[C@H]3C=CC[C@@H]32)cc1. The van der Waals surface area contributed by atoms with Gasteiger partial charge < -0.3 is 10.4 Å². The number of anilines is 1. The molecule has 4 rings (SSSR count). The summed E-state index contributed by atoms with van der Waals surface area (Å²) in [4.78, 5) is 11.3. The van der Waals surface area contributed by atoms with Gasteiger partial charge in [-0.3, -0.25) is 0 Å². The molecule has 1 aliphatic heterocycles. The fourth-order valence-electron chi connectivity index (χ4n) is 3.83. The minimum atomic E-state index is -0.869. The van der Waals surface area contributed by atoms with E-state index in [4.69, 9.17) is 0 Å². The van der Waals surface area contributed by atoms with Crippen LogP contribution in [-0.2, 0) is 0 Å². The topological polar surface area (TPSA) is 49.3 Å². The van der Waals surface area contributed by atoms with Crippen LogP contribution in [0.5, 0.6) is 0 Å². The van der Waals surface area contributed by atoms with Crippen molar-refractivity contribution in [3.8, 4) is 0 Å². The summed E-state index contributed by atoms with van der Waals surface area (Å²) in [5, 5.41) is 12.9. The number of allylic oxidation sites excluding steroid dienone is 2. The van der Waals surface area contributed by atoms with Gasteiger partial charge in [0, 0.05) is 11.6 Å². The molecule has 0 unspecified atom stereocenters. The summed E-state index contributed by atoms with van der Waals surface area (Å²) in [6, 6.07) is 14.4. The number of carboxylic acid groups (broad SMARTS) is 1. The first kappa shape index (κ1) is 14.1. The molecular formula is C20H19NO2. The Hall–Kier alpha value is -2.55. The summed E-state index contributed by atoms with van der Waals surface area (Å²) in [6.45, 7) is 2.10. The summed E-state index contributed by atoms with van der Waals surface area (Å²) >= 11 is 0. The lowest BCUT2D eigenvalue weighted by atomic mass is 9.76. The van der Waals surface area contributed by atoms with Crippen molar-refractivity contribution in [3.05, 3.63) is 76.9 Å². The normalized spacial score (nSPS) is 24.7. The van der Waals surface area contributed by atoms with Crippen molar-refractivity contribution in [2.45, 2.75) is 25.3 Å². The molecule has 2 aromatic carbocycles. The first-order valence-electron chi connectivity index (χ1n) is 8.00. The van der Waals surface area contributed by atoms with Gasteiger partial charge in [-0.15, -0.1) is 0 Å². The Kier molecular flexibility index (Phi) is 3.22. The molecule has 0 bridgehead atoms. The third kappa shape index (κ3) is 2.33. The van der Waals surface area contributed by atoms with Gasteiger partial charge in [0.1, 0.15) is 0 Å². The van der Waals surface area contributed by atoms with E-state index in [-0.39, 0.29) is 12.0 Å². The number of fused-ring (bicyclic) bond motifs is 3. The summed E-state index contributed by atoms with van der Waals surface area (Å²) in [6.07, 6.45) is 5.48. The molecule has 0 saturated carbocycles. The van der Waals surface area contributed by atoms with Crippen LogP contribution in [0.3, 0.4) is 0 Å². The van der Waals surface area contributed by atoms with Crippen molar-refractivity contribution >= 4 is 11.7 Å². The molecule has 0 saturated heterocycles. The number of nitrogens with one attached hydrogen (secondary N) is 1. The Balaban J connectivity index is 1.77. The van der Waals surface area contributed by atoms with E-state index in [9.17, 15) is 9.90 Å². The summed E-state index contributed by atoms with van der Waals surface area (Å²) in [5.41, 5.74) is 5.07. The van der Waals surface area contributed by atoms with Crippen LogP contribution in [-0.4, -0.2) is 11.1 Å². The smallest absolute Gasteiger partial charge is 0.335 e. The van der Waals surface area contributed by atoms with Gasteiger partial charge in [0.15, 0.2) is 0 Å². The van der Waals surface area contributed by atoms with Crippen LogP contribution in [0.4, 0.5) is 5.69 Å². The maximum Gasteiger partial charge on any atom is 0.335 e. The Morgan fingerprint density at radius 3 is 2.70 bits per heavy atom. The van der Waals surface area contributed by atoms with E-state index in [2.05, 4.69) is 48.7 Å². The lowest BCUT2D eigenvalue weighted by molar-refractivity contribution is 0.0696. The van der Waals surface area contributed by atoms with Gasteiger partial charge in [0.2, 0.25) is 0 Å². The third-order valence-corrected chi connectivity index (χ3v) is 5.05. The molecular weight excluding hydrogens is 286 g/mol. The molecule has 1 aliphatic carbocycles. The molecule has 2 aromatic rings. The van der Waals surface area contributed by atoms with Crippen LogP contribution in [0.1, 0.15) is 45.4 Å². The molecule has 3 nitrogen and oxygen atoms in total. The zero-order valence-electron chi connectivity index (χ0n) is 13.0. The van der Waals surface area contributed by atoms with E-state index in [1.165, 1.54) is 11.1 Å². The van der Waals surface area contributed by atoms with Gasteiger partial charge in [0.05, 0.1) is 11.6 Å². The number of hydrogen-bond acceptors (Lipinski definition) is 2. The highest BCUT2D eigenvalue weighted by atomic mass is 16.4. The average molecular weight is 305 g/mol. The first-order chi connectivity index (χ1) is 11.1. The third-order valence-electron chi connectivity index (χ3n) is 5.05. The Bertz CT molecular complexity index is 792. The minimum Gasteiger partial charge on any atom is -0.478 e. The fourth-order valence-corrected chi connectivity index (χ4v) is 3.83. The maximum atomic E-state index is 11.3. The molecule has 0 amide bonds. The van der Waals surface area contributed by atoms with E-state index in [0.717, 1.165) is 17.7 Å². The maximum absolute atomic E-state index is 11.3. The lowest BCUT2D eigenvalue weighted by Crippen LogP contribution is -2.29. The van der Waals surface area contributed by atoms with Gasteiger partial charge in [-0.05, 0) is 48.6 Å². The van der Waals surface area contributed by atoms with Gasteiger partial charge in [-0.25, -0.2) is 4.79 Å². The van der Waals surface area contributed by atoms with Crippen LogP contribution < -0.4 is 5.32 Å². The molecule has 3 atom stereocenters. The highest BCUT2D eigenvalue weighted by molar-refractivity contribution is 5.89. The Morgan fingerprint density at radius 2 is 1.96 bits per heavy atom. The number of carboxylic acids is 1. The predicted octanol–water partition coefficient (Wildman–Crippen LogP) is 4.52. The van der Waals surface area contributed by atoms with Crippen molar-refractivity contribution in [2.75, 3.05) is 5.32 Å². The van der Waals surface area contributed by atoms with E-state index in [1.807, 2.05) is 12.1 Å². The molecule has 0 spiro atoms. The number of hydrogen-bond donors (Lipinski definition) is 2. The number of carbonyl (C=O) groups is 1. The summed E-state index contributed by atoms with van der Waals surface area (Å²) < 4.78 is 0. The largest absolute Gasteiger partial charge is 0.478 e. The summed E-state index contributed by atoms with van der Waals surface area (Å²) in [5.74, 6) is -0.141. The van der Waals surface area contributed by atoms with Gasteiger partial charge in [-0.2, -0.15) is 0 Å². The van der Waals surface area contributed by atoms with Crippen LogP contribution in [0.25, 0.3) is 0 Å². The molecule has 2 N–H and O–H groups in total. The van der Waals surface area contributed by atoms with Crippen molar-refractivity contribution in [2.24, 2.45) is 5.92 Å². The van der Waals surface area contributed by atoms with Crippen LogP contribution in [0.15, 0.2) is 54.6 Å². The summed E-state index contributed by atoms with van der Waals surface area (Å²) in [7, 11) is 0. The molecule has 0 radical (unpaired) electrons.